The van der Waals surface area contributed by atoms with Crippen LogP contribution in [0.1, 0.15) is 24.1 Å². The molecule has 1 N–H and O–H groups in total. The van der Waals surface area contributed by atoms with Crippen LogP contribution in [0.4, 0.5) is 4.39 Å². The van der Waals surface area contributed by atoms with Gasteiger partial charge >= 0.3 is 0 Å². The van der Waals surface area contributed by atoms with Gasteiger partial charge in [0.2, 0.25) is 0 Å². The molecule has 1 unspecified atom stereocenters. The average Bonchev–Trinajstić information content (AvgIpc) is 2.74. The van der Waals surface area contributed by atoms with Gasteiger partial charge in [0.1, 0.15) is 5.82 Å². The topological polar surface area (TPSA) is 12.0 Å². The highest BCUT2D eigenvalue weighted by molar-refractivity contribution is 9.11. The van der Waals surface area contributed by atoms with Gasteiger partial charge < -0.3 is 5.32 Å². The standard InChI is InChI=1S/C13H13BrFNS/c1-2-16-13(10-7-12(14)17-8-10)9-3-5-11(15)6-4-9/h3-8,13,16H,2H2,1H3. The molecule has 0 saturated carbocycles. The van der Waals surface area contributed by atoms with E-state index in [4.69, 9.17) is 0 Å². The number of benzene rings is 1. The van der Waals surface area contributed by atoms with Gasteiger partial charge in [-0.05, 0) is 57.2 Å². The molecule has 0 radical (unpaired) electrons. The zero-order valence-corrected chi connectivity index (χ0v) is 11.8. The van der Waals surface area contributed by atoms with E-state index in [0.717, 1.165) is 15.9 Å². The van der Waals surface area contributed by atoms with Crippen molar-refractivity contribution in [2.75, 3.05) is 6.54 Å². The van der Waals surface area contributed by atoms with Crippen LogP contribution in [0.3, 0.4) is 0 Å². The van der Waals surface area contributed by atoms with Crippen molar-refractivity contribution in [3.63, 3.8) is 0 Å². The van der Waals surface area contributed by atoms with E-state index in [-0.39, 0.29) is 11.9 Å². The van der Waals surface area contributed by atoms with Crippen LogP contribution in [0.15, 0.2) is 39.5 Å². The zero-order chi connectivity index (χ0) is 12.3. The van der Waals surface area contributed by atoms with Crippen molar-refractivity contribution in [3.05, 3.63) is 56.4 Å². The molecule has 2 rings (SSSR count). The maximum atomic E-state index is 12.9. The Morgan fingerprint density at radius 1 is 1.29 bits per heavy atom. The Bertz CT molecular complexity index is 480. The minimum Gasteiger partial charge on any atom is -0.307 e. The molecule has 1 heterocycles. The van der Waals surface area contributed by atoms with Crippen molar-refractivity contribution in [3.8, 4) is 0 Å². The van der Waals surface area contributed by atoms with Gasteiger partial charge in [0.25, 0.3) is 0 Å². The Morgan fingerprint density at radius 2 is 2.00 bits per heavy atom. The second-order valence-corrected chi connectivity index (χ2v) is 6.02. The van der Waals surface area contributed by atoms with Crippen LogP contribution in [0, 0.1) is 5.82 Å². The van der Waals surface area contributed by atoms with Gasteiger partial charge in [-0.25, -0.2) is 4.39 Å². The minimum atomic E-state index is -0.199. The highest BCUT2D eigenvalue weighted by atomic mass is 79.9. The van der Waals surface area contributed by atoms with Crippen molar-refractivity contribution in [2.45, 2.75) is 13.0 Å². The summed E-state index contributed by atoms with van der Waals surface area (Å²) in [5, 5.41) is 5.52. The Kier molecular flexibility index (Phi) is 4.31. The predicted octanol–water partition coefficient (Wildman–Crippen LogP) is 4.35. The van der Waals surface area contributed by atoms with E-state index >= 15 is 0 Å². The minimum absolute atomic E-state index is 0.128. The summed E-state index contributed by atoms with van der Waals surface area (Å²) in [6.07, 6.45) is 0. The van der Waals surface area contributed by atoms with E-state index in [1.807, 2.05) is 12.1 Å². The Labute approximate surface area is 113 Å². The third kappa shape index (κ3) is 3.15. The lowest BCUT2D eigenvalue weighted by Crippen LogP contribution is -2.21. The molecule has 0 spiro atoms. The first kappa shape index (κ1) is 12.7. The zero-order valence-electron chi connectivity index (χ0n) is 9.41. The van der Waals surface area contributed by atoms with Crippen LogP contribution in [0.5, 0.6) is 0 Å². The summed E-state index contributed by atoms with van der Waals surface area (Å²) in [7, 11) is 0. The van der Waals surface area contributed by atoms with Gasteiger partial charge in [-0.3, -0.25) is 0 Å². The lowest BCUT2D eigenvalue weighted by Gasteiger charge is -2.17. The van der Waals surface area contributed by atoms with E-state index < -0.39 is 0 Å². The molecule has 1 aromatic carbocycles. The first-order valence-electron chi connectivity index (χ1n) is 5.43. The van der Waals surface area contributed by atoms with E-state index in [2.05, 4.69) is 39.6 Å². The molecular weight excluding hydrogens is 301 g/mol. The molecule has 4 heteroatoms. The number of hydrogen-bond acceptors (Lipinski definition) is 2. The van der Waals surface area contributed by atoms with Crippen LogP contribution < -0.4 is 5.32 Å². The van der Waals surface area contributed by atoms with Crippen LogP contribution in [-0.2, 0) is 0 Å². The van der Waals surface area contributed by atoms with Gasteiger partial charge in [-0.1, -0.05) is 19.1 Å². The summed E-state index contributed by atoms with van der Waals surface area (Å²) in [6.45, 7) is 2.94. The SMILES string of the molecule is CCNC(c1ccc(F)cc1)c1csc(Br)c1. The molecule has 0 aliphatic rings. The van der Waals surface area contributed by atoms with Crippen LogP contribution >= 0.6 is 27.3 Å². The van der Waals surface area contributed by atoms with Crippen molar-refractivity contribution < 1.29 is 4.39 Å². The molecule has 1 aromatic heterocycles. The molecular formula is C13H13BrFNS. The summed E-state index contributed by atoms with van der Waals surface area (Å²) in [4.78, 5) is 0. The van der Waals surface area contributed by atoms with Gasteiger partial charge in [0.15, 0.2) is 0 Å². The van der Waals surface area contributed by atoms with Crippen LogP contribution in [0.2, 0.25) is 0 Å². The molecule has 0 aliphatic carbocycles. The molecule has 1 nitrogen and oxygen atoms in total. The van der Waals surface area contributed by atoms with Crippen molar-refractivity contribution in [2.24, 2.45) is 0 Å². The normalized spacial score (nSPS) is 12.6. The summed E-state index contributed by atoms with van der Waals surface area (Å²) in [6, 6.07) is 8.88. The fourth-order valence-electron chi connectivity index (χ4n) is 1.76. The number of rotatable bonds is 4. The molecule has 0 saturated heterocycles. The summed E-state index contributed by atoms with van der Waals surface area (Å²) in [5.74, 6) is -0.199. The number of halogens is 2. The lowest BCUT2D eigenvalue weighted by atomic mass is 10.0. The smallest absolute Gasteiger partial charge is 0.123 e. The van der Waals surface area contributed by atoms with Crippen molar-refractivity contribution in [1.82, 2.24) is 5.32 Å². The predicted molar refractivity (Wildman–Crippen MR) is 73.9 cm³/mol. The second-order valence-electron chi connectivity index (χ2n) is 3.73. The Morgan fingerprint density at radius 3 is 2.53 bits per heavy atom. The summed E-state index contributed by atoms with van der Waals surface area (Å²) in [5.41, 5.74) is 2.29. The third-order valence-electron chi connectivity index (χ3n) is 2.53. The first-order valence-corrected chi connectivity index (χ1v) is 7.10. The van der Waals surface area contributed by atoms with Gasteiger partial charge in [0.05, 0.1) is 9.83 Å². The van der Waals surface area contributed by atoms with Gasteiger partial charge in [-0.2, -0.15) is 0 Å². The first-order chi connectivity index (χ1) is 8.20. The van der Waals surface area contributed by atoms with E-state index in [1.165, 1.54) is 17.7 Å². The summed E-state index contributed by atoms with van der Waals surface area (Å²) < 4.78 is 14.0. The second kappa shape index (κ2) is 5.76. The van der Waals surface area contributed by atoms with E-state index in [9.17, 15) is 4.39 Å². The monoisotopic (exact) mass is 313 g/mol. The molecule has 0 aliphatic heterocycles. The van der Waals surface area contributed by atoms with Crippen LogP contribution in [0.25, 0.3) is 0 Å². The summed E-state index contributed by atoms with van der Waals surface area (Å²) >= 11 is 5.13. The molecule has 1 atom stereocenters. The molecule has 0 amide bonds. The average molecular weight is 314 g/mol. The molecule has 17 heavy (non-hydrogen) atoms. The molecule has 2 aromatic rings. The van der Waals surface area contributed by atoms with E-state index in [0.29, 0.717) is 0 Å². The molecule has 0 fully saturated rings. The number of hydrogen-bond donors (Lipinski definition) is 1. The largest absolute Gasteiger partial charge is 0.307 e. The number of thiophene rings is 1. The molecule has 90 valence electrons. The highest BCUT2D eigenvalue weighted by Gasteiger charge is 2.14. The molecule has 0 bridgehead atoms. The maximum Gasteiger partial charge on any atom is 0.123 e. The van der Waals surface area contributed by atoms with E-state index in [1.54, 1.807) is 11.3 Å². The quantitative estimate of drug-likeness (QED) is 0.885. The maximum absolute atomic E-state index is 12.9. The van der Waals surface area contributed by atoms with Gasteiger partial charge in [0, 0.05) is 0 Å². The fraction of sp³-hybridized carbons (Fsp3) is 0.231. The van der Waals surface area contributed by atoms with Gasteiger partial charge in [-0.15, -0.1) is 11.3 Å². The fourth-order valence-corrected chi connectivity index (χ4v) is 2.96. The lowest BCUT2D eigenvalue weighted by molar-refractivity contribution is 0.614. The van der Waals surface area contributed by atoms with Crippen molar-refractivity contribution in [1.29, 1.82) is 0 Å². The van der Waals surface area contributed by atoms with Crippen molar-refractivity contribution >= 4 is 27.3 Å². The third-order valence-corrected chi connectivity index (χ3v) is 4.06. The Hall–Kier alpha value is -0.710. The highest BCUT2D eigenvalue weighted by Crippen LogP contribution is 2.29. The number of nitrogens with one attached hydrogen (secondary N) is 1. The Balaban J connectivity index is 2.31. The van der Waals surface area contributed by atoms with Crippen LogP contribution in [-0.4, -0.2) is 6.54 Å².